The summed E-state index contributed by atoms with van der Waals surface area (Å²) in [6, 6.07) is -0.389. The Hall–Kier alpha value is -1.17. The number of nitrogens with two attached hydrogens (primary N) is 1. The van der Waals surface area contributed by atoms with Gasteiger partial charge in [-0.1, -0.05) is 32.5 Å². The summed E-state index contributed by atoms with van der Waals surface area (Å²) in [6.45, 7) is 4.91. The van der Waals surface area contributed by atoms with Crippen molar-refractivity contribution in [3.63, 3.8) is 0 Å². The van der Waals surface area contributed by atoms with Gasteiger partial charge in [-0.2, -0.15) is 0 Å². The van der Waals surface area contributed by atoms with E-state index in [-0.39, 0.29) is 22.8 Å². The molecule has 0 radical (unpaired) electrons. The maximum absolute atomic E-state index is 12.4. The number of nitrogens with one attached hydrogen (secondary N) is 1. The van der Waals surface area contributed by atoms with Gasteiger partial charge in [-0.25, -0.2) is 0 Å². The van der Waals surface area contributed by atoms with Crippen LogP contribution in [0.1, 0.15) is 33.1 Å². The van der Waals surface area contributed by atoms with E-state index in [0.717, 1.165) is 6.42 Å². The second-order valence-corrected chi connectivity index (χ2v) is 4.96. The van der Waals surface area contributed by atoms with E-state index in [2.05, 4.69) is 5.32 Å². The van der Waals surface area contributed by atoms with Gasteiger partial charge in [-0.3, -0.25) is 9.59 Å². The first-order valence-electron chi connectivity index (χ1n) is 6.40. The Balaban J connectivity index is 2.85. The first-order valence-corrected chi connectivity index (χ1v) is 6.81. The van der Waals surface area contributed by atoms with Crippen molar-refractivity contribution in [1.29, 1.82) is 0 Å². The molecule has 0 saturated carbocycles. The van der Waals surface area contributed by atoms with Crippen molar-refractivity contribution in [2.45, 2.75) is 39.2 Å². The topological polar surface area (TPSA) is 75.4 Å². The summed E-state index contributed by atoms with van der Waals surface area (Å²) in [5.74, 6) is -0.633. The Labute approximate surface area is 113 Å². The monoisotopic (exact) mass is 271 g/mol. The van der Waals surface area contributed by atoms with Gasteiger partial charge in [0.2, 0.25) is 11.8 Å². The molecule has 0 aliphatic carbocycles. The van der Waals surface area contributed by atoms with Gasteiger partial charge < -0.3 is 16.0 Å². The highest BCUT2D eigenvalue weighted by Gasteiger charge is 2.35. The fourth-order valence-electron chi connectivity index (χ4n) is 2.26. The lowest BCUT2D eigenvalue weighted by Gasteiger charge is -2.36. The van der Waals surface area contributed by atoms with Crippen molar-refractivity contribution in [3.05, 3.63) is 0 Å². The molecule has 2 unspecified atom stereocenters. The molecule has 1 heterocycles. The largest absolute Gasteiger partial charge is 0.393 e. The van der Waals surface area contributed by atoms with E-state index in [1.807, 2.05) is 13.8 Å². The highest BCUT2D eigenvalue weighted by Crippen LogP contribution is 2.17. The predicted molar refractivity (Wildman–Crippen MR) is 74.0 cm³/mol. The van der Waals surface area contributed by atoms with Crippen molar-refractivity contribution < 1.29 is 9.59 Å². The van der Waals surface area contributed by atoms with E-state index in [0.29, 0.717) is 25.9 Å². The number of thiocarbonyl (C=S) groups is 1. The molecule has 1 rings (SSSR count). The summed E-state index contributed by atoms with van der Waals surface area (Å²) >= 11 is 4.96. The van der Waals surface area contributed by atoms with Crippen LogP contribution in [-0.4, -0.2) is 40.8 Å². The van der Waals surface area contributed by atoms with Crippen molar-refractivity contribution >= 4 is 29.0 Å². The molecule has 0 aromatic heterocycles. The van der Waals surface area contributed by atoms with E-state index in [1.165, 1.54) is 0 Å². The second kappa shape index (κ2) is 6.68. The minimum atomic E-state index is -0.440. The lowest BCUT2D eigenvalue weighted by molar-refractivity contribution is -0.144. The fourth-order valence-corrected chi connectivity index (χ4v) is 2.48. The van der Waals surface area contributed by atoms with Crippen molar-refractivity contribution in [2.24, 2.45) is 11.7 Å². The van der Waals surface area contributed by atoms with E-state index in [9.17, 15) is 9.59 Å². The third-order valence-electron chi connectivity index (χ3n) is 3.22. The Kier molecular flexibility index (Phi) is 5.53. The van der Waals surface area contributed by atoms with Gasteiger partial charge in [0, 0.05) is 13.1 Å². The van der Waals surface area contributed by atoms with E-state index in [1.54, 1.807) is 4.90 Å². The first kappa shape index (κ1) is 14.9. The number of amides is 2. The van der Waals surface area contributed by atoms with Gasteiger partial charge in [0.25, 0.3) is 0 Å². The van der Waals surface area contributed by atoms with Crippen LogP contribution in [0.3, 0.4) is 0 Å². The second-order valence-electron chi connectivity index (χ2n) is 4.49. The van der Waals surface area contributed by atoms with Crippen LogP contribution in [0.4, 0.5) is 0 Å². The number of nitrogens with zero attached hydrogens (tertiary/aromatic N) is 1. The van der Waals surface area contributed by atoms with Crippen LogP contribution in [0, 0.1) is 5.92 Å². The third kappa shape index (κ3) is 3.19. The molecule has 102 valence electrons. The average Bonchev–Trinajstić information content (AvgIpc) is 2.34. The molecule has 0 bridgehead atoms. The zero-order valence-corrected chi connectivity index (χ0v) is 11.8. The molecular formula is C12H21N3O2S. The average molecular weight is 271 g/mol. The summed E-state index contributed by atoms with van der Waals surface area (Å²) in [5, 5.41) is 2.77. The Morgan fingerprint density at radius 2 is 2.28 bits per heavy atom. The standard InChI is InChI=1S/C12H21N3O2S/c1-3-5-8(10(13)18)12(17)15-7-6-14-11(16)9(15)4-2/h8-9H,3-7H2,1-2H3,(H2,13,18)(H,14,16). The normalized spacial score (nSPS) is 21.3. The zero-order chi connectivity index (χ0) is 13.7. The van der Waals surface area contributed by atoms with Crippen LogP contribution in [-0.2, 0) is 9.59 Å². The van der Waals surface area contributed by atoms with Crippen molar-refractivity contribution in [1.82, 2.24) is 10.2 Å². The number of carbonyl (C=O) groups is 2. The molecule has 1 saturated heterocycles. The number of carbonyl (C=O) groups excluding carboxylic acids is 2. The smallest absolute Gasteiger partial charge is 0.242 e. The zero-order valence-electron chi connectivity index (χ0n) is 10.9. The molecule has 1 fully saturated rings. The Bertz CT molecular complexity index is 346. The quantitative estimate of drug-likeness (QED) is 0.711. The summed E-state index contributed by atoms with van der Waals surface area (Å²) in [5.41, 5.74) is 5.64. The summed E-state index contributed by atoms with van der Waals surface area (Å²) in [7, 11) is 0. The molecule has 1 aliphatic heterocycles. The molecule has 3 N–H and O–H groups in total. The molecule has 0 aromatic carbocycles. The Morgan fingerprint density at radius 1 is 1.61 bits per heavy atom. The molecule has 18 heavy (non-hydrogen) atoms. The van der Waals surface area contributed by atoms with Gasteiger partial charge in [-0.05, 0) is 12.8 Å². The molecule has 0 aromatic rings. The molecule has 0 spiro atoms. The SMILES string of the molecule is CCCC(C(=O)N1CCNC(=O)C1CC)C(N)=S. The van der Waals surface area contributed by atoms with Crippen LogP contribution in [0.2, 0.25) is 0 Å². The Morgan fingerprint density at radius 3 is 2.78 bits per heavy atom. The lowest BCUT2D eigenvalue weighted by atomic mass is 9.99. The minimum absolute atomic E-state index is 0.0877. The molecule has 2 atom stereocenters. The summed E-state index contributed by atoms with van der Waals surface area (Å²) < 4.78 is 0. The van der Waals surface area contributed by atoms with Crippen LogP contribution >= 0.6 is 12.2 Å². The highest BCUT2D eigenvalue weighted by molar-refractivity contribution is 7.80. The predicted octanol–water partition coefficient (Wildman–Crippen LogP) is 0.426. The van der Waals surface area contributed by atoms with Gasteiger partial charge >= 0.3 is 0 Å². The summed E-state index contributed by atoms with van der Waals surface area (Å²) in [4.78, 5) is 26.0. The summed E-state index contributed by atoms with van der Waals surface area (Å²) in [6.07, 6.45) is 2.08. The van der Waals surface area contributed by atoms with Crippen LogP contribution in [0.15, 0.2) is 0 Å². The minimum Gasteiger partial charge on any atom is -0.393 e. The molecular weight excluding hydrogens is 250 g/mol. The van der Waals surface area contributed by atoms with Gasteiger partial charge in [0.05, 0.1) is 10.9 Å². The van der Waals surface area contributed by atoms with Gasteiger partial charge in [0.1, 0.15) is 6.04 Å². The van der Waals surface area contributed by atoms with Crippen LogP contribution < -0.4 is 11.1 Å². The maximum Gasteiger partial charge on any atom is 0.242 e. The number of hydrogen-bond acceptors (Lipinski definition) is 3. The molecule has 1 aliphatic rings. The number of rotatable bonds is 5. The number of piperazine rings is 1. The van der Waals surface area contributed by atoms with Crippen LogP contribution in [0.5, 0.6) is 0 Å². The van der Waals surface area contributed by atoms with Crippen molar-refractivity contribution in [3.8, 4) is 0 Å². The fraction of sp³-hybridized carbons (Fsp3) is 0.750. The molecule has 5 nitrogen and oxygen atoms in total. The molecule has 6 heteroatoms. The van der Waals surface area contributed by atoms with Crippen molar-refractivity contribution in [2.75, 3.05) is 13.1 Å². The van der Waals surface area contributed by atoms with E-state index in [4.69, 9.17) is 18.0 Å². The van der Waals surface area contributed by atoms with Gasteiger partial charge in [0.15, 0.2) is 0 Å². The lowest BCUT2D eigenvalue weighted by Crippen LogP contribution is -2.59. The molecule has 2 amide bonds. The van der Waals surface area contributed by atoms with E-state index >= 15 is 0 Å². The van der Waals surface area contributed by atoms with Gasteiger partial charge in [-0.15, -0.1) is 0 Å². The number of hydrogen-bond donors (Lipinski definition) is 2. The van der Waals surface area contributed by atoms with Crippen LogP contribution in [0.25, 0.3) is 0 Å². The maximum atomic E-state index is 12.4. The first-order chi connectivity index (χ1) is 8.52. The third-order valence-corrected chi connectivity index (χ3v) is 3.50. The van der Waals surface area contributed by atoms with E-state index < -0.39 is 5.92 Å². The highest BCUT2D eigenvalue weighted by atomic mass is 32.1.